The number of rotatable bonds is 8. The van der Waals surface area contributed by atoms with Crippen LogP contribution in [0, 0.1) is 0 Å². The largest absolute Gasteiger partial charge is 0.496 e. The van der Waals surface area contributed by atoms with E-state index in [1.165, 1.54) is 43.2 Å². The first-order valence-corrected chi connectivity index (χ1v) is 15.3. The summed E-state index contributed by atoms with van der Waals surface area (Å²) in [6.45, 7) is 1.85. The fourth-order valence-corrected chi connectivity index (χ4v) is 6.93. The Bertz CT molecular complexity index is 1820. The predicted octanol–water partition coefficient (Wildman–Crippen LogP) is 7.69. The van der Waals surface area contributed by atoms with Gasteiger partial charge in [-0.25, -0.2) is 0 Å². The van der Waals surface area contributed by atoms with Crippen molar-refractivity contribution in [1.82, 2.24) is 0 Å². The third kappa shape index (κ3) is 5.94. The second-order valence-electron chi connectivity index (χ2n) is 12.0. The van der Waals surface area contributed by atoms with Crippen molar-refractivity contribution in [3.8, 4) is 22.6 Å². The number of fused-ring (bicyclic) bond motifs is 2. The summed E-state index contributed by atoms with van der Waals surface area (Å²) in [5, 5.41) is 1.19. The summed E-state index contributed by atoms with van der Waals surface area (Å²) in [6, 6.07) is 30.2. The van der Waals surface area contributed by atoms with E-state index >= 15 is 0 Å². The smallest absolute Gasteiger partial charge is 0.263 e. The fraction of sp³-hybridized carbons (Fsp3) is 0.216. The summed E-state index contributed by atoms with van der Waals surface area (Å²) in [7, 11) is 12.2. The summed E-state index contributed by atoms with van der Waals surface area (Å²) in [4.78, 5) is 2.35. The zero-order valence-corrected chi connectivity index (χ0v) is 26.6. The quantitative estimate of drug-likeness (QED) is 0.137. The van der Waals surface area contributed by atoms with E-state index in [-0.39, 0.29) is 0 Å². The van der Waals surface area contributed by atoms with Crippen molar-refractivity contribution in [3.05, 3.63) is 119 Å². The first-order valence-electron chi connectivity index (χ1n) is 14.5. The van der Waals surface area contributed by atoms with Gasteiger partial charge in [0, 0.05) is 41.7 Å². The number of nitrogens with zero attached hydrogens (tertiary/aromatic N) is 3. The van der Waals surface area contributed by atoms with Crippen LogP contribution in [-0.4, -0.2) is 39.8 Å². The maximum atomic E-state index is 5.68. The lowest BCUT2D eigenvalue weighted by Crippen LogP contribution is -2.33. The number of aromatic nitrogens is 1. The first kappa shape index (κ1) is 28.7. The number of benzene rings is 4. The SMILES string of the molecule is COc1cccc(OC)c1-c1ccc2c(c1)sc(C=C1C=CN(Cc3ccc(C[N+](C)(C)C)cc3)c3ccccc31)[n+]2C. The van der Waals surface area contributed by atoms with Gasteiger partial charge in [0.25, 0.3) is 5.01 Å². The summed E-state index contributed by atoms with van der Waals surface area (Å²) >= 11 is 1.79. The molecule has 0 bridgehead atoms. The average Bonchev–Trinajstić information content (AvgIpc) is 3.31. The Kier molecular flexibility index (Phi) is 7.82. The lowest BCUT2D eigenvalue weighted by molar-refractivity contribution is -0.884. The number of allylic oxidation sites excluding steroid dienone is 2. The minimum atomic E-state index is 0.801. The van der Waals surface area contributed by atoms with Crippen LogP contribution >= 0.6 is 11.3 Å². The number of hydrogen-bond donors (Lipinski definition) is 0. The summed E-state index contributed by atoms with van der Waals surface area (Å²) in [6.07, 6.45) is 6.76. The van der Waals surface area contributed by atoms with E-state index < -0.39 is 0 Å². The van der Waals surface area contributed by atoms with Crippen LogP contribution in [0.5, 0.6) is 11.5 Å². The minimum absolute atomic E-state index is 0.801. The molecule has 0 saturated carbocycles. The molecule has 0 spiro atoms. The average molecular weight is 590 g/mol. The normalized spacial score (nSPS) is 13.9. The van der Waals surface area contributed by atoms with E-state index in [1.807, 2.05) is 18.2 Å². The Morgan fingerprint density at radius 1 is 0.837 bits per heavy atom. The molecule has 0 radical (unpaired) electrons. The highest BCUT2D eigenvalue weighted by Crippen LogP contribution is 2.40. The molecule has 0 unspecified atom stereocenters. The molecule has 4 aromatic carbocycles. The maximum Gasteiger partial charge on any atom is 0.263 e. The van der Waals surface area contributed by atoms with Gasteiger partial charge in [0.15, 0.2) is 0 Å². The Balaban J connectivity index is 1.31. The fourth-order valence-electron chi connectivity index (χ4n) is 5.79. The van der Waals surface area contributed by atoms with Gasteiger partial charge in [-0.05, 0) is 53.1 Å². The Morgan fingerprint density at radius 2 is 1.53 bits per heavy atom. The van der Waals surface area contributed by atoms with Gasteiger partial charge in [-0.15, -0.1) is 0 Å². The lowest BCUT2D eigenvalue weighted by atomic mass is 9.99. The number of aryl methyl sites for hydroxylation is 1. The molecule has 0 N–H and O–H groups in total. The zero-order chi connectivity index (χ0) is 30.1. The molecule has 0 amide bonds. The summed E-state index contributed by atoms with van der Waals surface area (Å²) in [5.41, 5.74) is 9.57. The standard InChI is InChI=1S/C37H39N3O2S/c1-38-32-19-18-29(37-33(41-5)12-9-13-34(37)42-6)22-35(32)43-36(38)23-28-20-21-39(31-11-8-7-10-30(28)31)24-26-14-16-27(17-15-26)25-40(2,3)4/h7-23H,24-25H2,1-6H3/q+2. The van der Waals surface area contributed by atoms with E-state index in [9.17, 15) is 0 Å². The van der Waals surface area contributed by atoms with Crippen LogP contribution in [-0.2, 0) is 20.1 Å². The van der Waals surface area contributed by atoms with Gasteiger partial charge in [0.1, 0.15) is 29.8 Å². The van der Waals surface area contributed by atoms with Crippen LogP contribution in [0.4, 0.5) is 5.69 Å². The summed E-state index contributed by atoms with van der Waals surface area (Å²) in [5.74, 6) is 1.60. The molecule has 0 saturated heterocycles. The van der Waals surface area contributed by atoms with E-state index in [2.05, 4.69) is 123 Å². The van der Waals surface area contributed by atoms with Crippen LogP contribution in [0.1, 0.15) is 21.7 Å². The van der Waals surface area contributed by atoms with E-state index in [0.29, 0.717) is 0 Å². The first-order chi connectivity index (χ1) is 20.7. The van der Waals surface area contributed by atoms with Crippen molar-refractivity contribution in [2.45, 2.75) is 13.1 Å². The molecule has 5 nitrogen and oxygen atoms in total. The highest BCUT2D eigenvalue weighted by molar-refractivity contribution is 7.19. The van der Waals surface area contributed by atoms with Crippen molar-refractivity contribution >= 4 is 38.9 Å². The van der Waals surface area contributed by atoms with Crippen LogP contribution in [0.25, 0.3) is 33.0 Å². The van der Waals surface area contributed by atoms with Crippen LogP contribution in [0.3, 0.4) is 0 Å². The number of hydrogen-bond acceptors (Lipinski definition) is 4. The second-order valence-corrected chi connectivity index (χ2v) is 13.1. The molecular weight excluding hydrogens is 550 g/mol. The number of quaternary nitrogens is 1. The highest BCUT2D eigenvalue weighted by atomic mass is 32.1. The molecule has 2 heterocycles. The van der Waals surface area contributed by atoms with Gasteiger partial charge in [-0.3, -0.25) is 0 Å². The van der Waals surface area contributed by atoms with Gasteiger partial charge < -0.3 is 18.9 Å². The Hall–Kier alpha value is -4.39. The number of para-hydroxylation sites is 1. The van der Waals surface area contributed by atoms with Gasteiger partial charge in [-0.1, -0.05) is 59.9 Å². The van der Waals surface area contributed by atoms with Gasteiger partial charge in [-0.2, -0.15) is 4.57 Å². The molecule has 6 rings (SSSR count). The van der Waals surface area contributed by atoms with Crippen LogP contribution < -0.4 is 18.9 Å². The molecule has 0 fully saturated rings. The molecule has 1 aliphatic rings. The topological polar surface area (TPSA) is 25.6 Å². The summed E-state index contributed by atoms with van der Waals surface area (Å²) < 4.78 is 15.8. The monoisotopic (exact) mass is 589 g/mol. The predicted molar refractivity (Wildman–Crippen MR) is 179 cm³/mol. The second kappa shape index (κ2) is 11.7. The van der Waals surface area contributed by atoms with Crippen molar-refractivity contribution in [1.29, 1.82) is 0 Å². The third-order valence-corrected chi connectivity index (χ3v) is 9.00. The van der Waals surface area contributed by atoms with Gasteiger partial charge >= 0.3 is 0 Å². The Morgan fingerprint density at radius 3 is 2.23 bits per heavy atom. The molecular formula is C37H39N3O2S+2. The third-order valence-electron chi connectivity index (χ3n) is 7.85. The van der Waals surface area contributed by atoms with Crippen LogP contribution in [0.15, 0.2) is 97.2 Å². The maximum absolute atomic E-state index is 5.68. The van der Waals surface area contributed by atoms with Crippen LogP contribution in [0.2, 0.25) is 0 Å². The minimum Gasteiger partial charge on any atom is -0.496 e. The molecule has 0 atom stereocenters. The molecule has 1 aliphatic heterocycles. The van der Waals surface area contributed by atoms with Crippen molar-refractivity contribution in [2.75, 3.05) is 40.3 Å². The van der Waals surface area contributed by atoms with Gasteiger partial charge in [0.05, 0.1) is 40.9 Å². The van der Waals surface area contributed by atoms with Crippen molar-refractivity contribution in [3.63, 3.8) is 0 Å². The molecule has 6 heteroatoms. The Labute approximate surface area is 258 Å². The van der Waals surface area contributed by atoms with Gasteiger partial charge in [0.2, 0.25) is 5.52 Å². The van der Waals surface area contributed by atoms with E-state index in [0.717, 1.165) is 40.2 Å². The van der Waals surface area contributed by atoms with E-state index in [1.54, 1.807) is 25.6 Å². The van der Waals surface area contributed by atoms with Crippen molar-refractivity contribution < 1.29 is 18.5 Å². The lowest BCUT2D eigenvalue weighted by Gasteiger charge is -2.28. The number of methoxy groups -OCH3 is 2. The number of thiazole rings is 1. The molecule has 0 aliphatic carbocycles. The van der Waals surface area contributed by atoms with E-state index in [4.69, 9.17) is 9.47 Å². The highest BCUT2D eigenvalue weighted by Gasteiger charge is 2.22. The molecule has 43 heavy (non-hydrogen) atoms. The van der Waals surface area contributed by atoms with Crippen molar-refractivity contribution in [2.24, 2.45) is 7.05 Å². The number of ether oxygens (including phenoxy) is 2. The molecule has 5 aromatic rings. The molecule has 1 aromatic heterocycles. The zero-order valence-electron chi connectivity index (χ0n) is 25.8. The molecule has 218 valence electrons. The number of anilines is 1.